The highest BCUT2D eigenvalue weighted by Gasteiger charge is 2.36. The number of benzene rings is 1. The number of nitrogens with two attached hydrogens (primary N) is 1. The van der Waals surface area contributed by atoms with Gasteiger partial charge >= 0.3 is 0 Å². The van der Waals surface area contributed by atoms with Crippen LogP contribution in [-0.4, -0.2) is 51.0 Å². The molecule has 2 N–H and O–H groups in total. The van der Waals surface area contributed by atoms with Gasteiger partial charge in [0.1, 0.15) is 0 Å². The van der Waals surface area contributed by atoms with Crippen molar-refractivity contribution in [3.8, 4) is 0 Å². The summed E-state index contributed by atoms with van der Waals surface area (Å²) in [7, 11) is 3.50. The summed E-state index contributed by atoms with van der Waals surface area (Å²) in [6.45, 7) is 8.82. The van der Waals surface area contributed by atoms with E-state index in [2.05, 4.69) is 37.8 Å². The van der Waals surface area contributed by atoms with Crippen molar-refractivity contribution >= 4 is 0 Å². The third-order valence-corrected chi connectivity index (χ3v) is 4.75. The highest BCUT2D eigenvalue weighted by molar-refractivity contribution is 5.38. The van der Waals surface area contributed by atoms with Crippen molar-refractivity contribution in [2.75, 3.05) is 33.9 Å². The summed E-state index contributed by atoms with van der Waals surface area (Å²) in [4.78, 5) is 2.39. The molecule has 3 unspecified atom stereocenters. The Balaban J connectivity index is 2.27. The van der Waals surface area contributed by atoms with Crippen molar-refractivity contribution < 1.29 is 9.47 Å². The predicted octanol–water partition coefficient (Wildman–Crippen LogP) is 1.96. The molecule has 1 fully saturated rings. The number of likely N-dealkylation sites (tertiary alicyclic amines) is 1. The zero-order chi connectivity index (χ0) is 15.6. The minimum atomic E-state index is 0.121. The molecule has 1 aliphatic rings. The van der Waals surface area contributed by atoms with Crippen molar-refractivity contribution in [2.24, 2.45) is 5.73 Å². The predicted molar refractivity (Wildman–Crippen MR) is 85.6 cm³/mol. The summed E-state index contributed by atoms with van der Waals surface area (Å²) in [5, 5.41) is 0. The van der Waals surface area contributed by atoms with Crippen LogP contribution in [0.25, 0.3) is 0 Å². The molecule has 0 spiro atoms. The molecule has 1 aromatic carbocycles. The molecule has 1 heterocycles. The van der Waals surface area contributed by atoms with Crippen molar-refractivity contribution in [3.05, 3.63) is 34.4 Å². The number of rotatable bonds is 5. The van der Waals surface area contributed by atoms with E-state index >= 15 is 0 Å². The molecular formula is C17H28N2O2. The highest BCUT2D eigenvalue weighted by atomic mass is 16.5. The number of hydrogen-bond acceptors (Lipinski definition) is 4. The van der Waals surface area contributed by atoms with Crippen LogP contribution in [-0.2, 0) is 9.47 Å². The number of ether oxygens (including phenoxy) is 2. The summed E-state index contributed by atoms with van der Waals surface area (Å²) in [5.41, 5.74) is 11.4. The van der Waals surface area contributed by atoms with E-state index < -0.39 is 0 Å². The second kappa shape index (κ2) is 6.88. The quantitative estimate of drug-likeness (QED) is 0.901. The number of aryl methyl sites for hydroxylation is 3. The molecule has 3 atom stereocenters. The summed E-state index contributed by atoms with van der Waals surface area (Å²) < 4.78 is 11.1. The van der Waals surface area contributed by atoms with E-state index in [1.807, 2.05) is 0 Å². The van der Waals surface area contributed by atoms with Gasteiger partial charge in [-0.25, -0.2) is 0 Å². The summed E-state index contributed by atoms with van der Waals surface area (Å²) in [6.07, 6.45) is 0.242. The molecule has 0 amide bonds. The van der Waals surface area contributed by atoms with Crippen LogP contribution in [0.4, 0.5) is 0 Å². The van der Waals surface area contributed by atoms with E-state index in [4.69, 9.17) is 15.2 Å². The Bertz CT molecular complexity index is 478. The minimum Gasteiger partial charge on any atom is -0.377 e. The standard InChI is InChI=1S/C17H28N2O2/c1-11-6-13(3)14(7-12(11)2)15(8-18)19-9-16(20-4)17(10-19)21-5/h6-7,15-17H,8-10,18H2,1-5H3. The minimum absolute atomic E-state index is 0.121. The van der Waals surface area contributed by atoms with Gasteiger partial charge in [0.25, 0.3) is 0 Å². The Morgan fingerprint density at radius 1 is 1.05 bits per heavy atom. The molecule has 0 aliphatic carbocycles. The Morgan fingerprint density at radius 3 is 2.05 bits per heavy atom. The summed E-state index contributed by atoms with van der Waals surface area (Å²) in [6, 6.07) is 4.76. The molecule has 118 valence electrons. The van der Waals surface area contributed by atoms with Crippen LogP contribution >= 0.6 is 0 Å². The molecule has 0 radical (unpaired) electrons. The van der Waals surface area contributed by atoms with Gasteiger partial charge in [0, 0.05) is 39.9 Å². The fraction of sp³-hybridized carbons (Fsp3) is 0.647. The molecular weight excluding hydrogens is 264 g/mol. The van der Waals surface area contributed by atoms with Crippen LogP contribution in [0.3, 0.4) is 0 Å². The first-order valence-corrected chi connectivity index (χ1v) is 7.59. The molecule has 4 nitrogen and oxygen atoms in total. The van der Waals surface area contributed by atoms with E-state index in [0.717, 1.165) is 13.1 Å². The molecule has 1 saturated heterocycles. The molecule has 1 aromatic rings. The smallest absolute Gasteiger partial charge is 0.0972 e. The van der Waals surface area contributed by atoms with Gasteiger partial charge in [-0.15, -0.1) is 0 Å². The Kier molecular flexibility index (Phi) is 5.38. The largest absolute Gasteiger partial charge is 0.377 e. The van der Waals surface area contributed by atoms with E-state index in [1.54, 1.807) is 14.2 Å². The molecule has 2 rings (SSSR count). The topological polar surface area (TPSA) is 47.7 Å². The SMILES string of the molecule is COC1CN(C(CN)c2cc(C)c(C)cc2C)CC1OC. The molecule has 0 saturated carbocycles. The first-order chi connectivity index (χ1) is 10.0. The third-order valence-electron chi connectivity index (χ3n) is 4.75. The lowest BCUT2D eigenvalue weighted by Gasteiger charge is -2.28. The Hall–Kier alpha value is -0.940. The second-order valence-corrected chi connectivity index (χ2v) is 6.05. The van der Waals surface area contributed by atoms with Crippen LogP contribution in [0.2, 0.25) is 0 Å². The maximum atomic E-state index is 6.09. The van der Waals surface area contributed by atoms with E-state index in [-0.39, 0.29) is 18.2 Å². The fourth-order valence-corrected chi connectivity index (χ4v) is 3.29. The van der Waals surface area contributed by atoms with Crippen molar-refractivity contribution in [2.45, 2.75) is 39.0 Å². The molecule has 0 aromatic heterocycles. The number of methoxy groups -OCH3 is 2. The molecule has 21 heavy (non-hydrogen) atoms. The Morgan fingerprint density at radius 2 is 1.57 bits per heavy atom. The van der Waals surface area contributed by atoms with E-state index in [9.17, 15) is 0 Å². The number of hydrogen-bond donors (Lipinski definition) is 1. The first kappa shape index (κ1) is 16.4. The van der Waals surface area contributed by atoms with Crippen LogP contribution < -0.4 is 5.73 Å². The molecule has 1 aliphatic heterocycles. The van der Waals surface area contributed by atoms with Gasteiger partial charge in [-0.05, 0) is 43.0 Å². The van der Waals surface area contributed by atoms with Gasteiger partial charge in [-0.2, -0.15) is 0 Å². The van der Waals surface area contributed by atoms with Gasteiger partial charge in [0.15, 0.2) is 0 Å². The van der Waals surface area contributed by atoms with Gasteiger partial charge < -0.3 is 15.2 Å². The highest BCUT2D eigenvalue weighted by Crippen LogP contribution is 2.30. The maximum Gasteiger partial charge on any atom is 0.0972 e. The van der Waals surface area contributed by atoms with E-state index in [1.165, 1.54) is 22.3 Å². The molecule has 4 heteroatoms. The van der Waals surface area contributed by atoms with Crippen LogP contribution in [0.1, 0.15) is 28.3 Å². The summed E-state index contributed by atoms with van der Waals surface area (Å²) in [5.74, 6) is 0. The average molecular weight is 292 g/mol. The van der Waals surface area contributed by atoms with Gasteiger partial charge in [0.05, 0.1) is 12.2 Å². The zero-order valence-electron chi connectivity index (χ0n) is 13.8. The lowest BCUT2D eigenvalue weighted by molar-refractivity contribution is -0.00461. The van der Waals surface area contributed by atoms with Crippen LogP contribution in [0, 0.1) is 20.8 Å². The average Bonchev–Trinajstić information content (AvgIpc) is 2.88. The monoisotopic (exact) mass is 292 g/mol. The third kappa shape index (κ3) is 3.29. The molecule has 0 bridgehead atoms. The zero-order valence-corrected chi connectivity index (χ0v) is 13.8. The first-order valence-electron chi connectivity index (χ1n) is 7.59. The van der Waals surface area contributed by atoms with Crippen molar-refractivity contribution in [3.63, 3.8) is 0 Å². The van der Waals surface area contributed by atoms with Gasteiger partial charge in [-0.3, -0.25) is 4.90 Å². The maximum absolute atomic E-state index is 6.09. The van der Waals surface area contributed by atoms with Crippen LogP contribution in [0.15, 0.2) is 12.1 Å². The van der Waals surface area contributed by atoms with Crippen LogP contribution in [0.5, 0.6) is 0 Å². The Labute approximate surface area is 128 Å². The summed E-state index contributed by atoms with van der Waals surface area (Å²) >= 11 is 0. The van der Waals surface area contributed by atoms with Gasteiger partial charge in [0.2, 0.25) is 0 Å². The second-order valence-electron chi connectivity index (χ2n) is 6.05. The van der Waals surface area contributed by atoms with E-state index in [0.29, 0.717) is 6.54 Å². The van der Waals surface area contributed by atoms with Crippen molar-refractivity contribution in [1.29, 1.82) is 0 Å². The number of nitrogens with zero attached hydrogens (tertiary/aromatic N) is 1. The van der Waals surface area contributed by atoms with Crippen molar-refractivity contribution in [1.82, 2.24) is 4.90 Å². The lowest BCUT2D eigenvalue weighted by Crippen LogP contribution is -2.33. The fourth-order valence-electron chi connectivity index (χ4n) is 3.29. The normalized spacial score (nSPS) is 24.5. The lowest BCUT2D eigenvalue weighted by atomic mass is 9.95. The van der Waals surface area contributed by atoms with Gasteiger partial charge in [-0.1, -0.05) is 12.1 Å².